The fourth-order valence-corrected chi connectivity index (χ4v) is 2.39. The summed E-state index contributed by atoms with van der Waals surface area (Å²) in [6, 6.07) is 7.90. The Labute approximate surface area is 119 Å². The van der Waals surface area contributed by atoms with Crippen LogP contribution >= 0.6 is 0 Å². The second-order valence-electron chi connectivity index (χ2n) is 5.89. The van der Waals surface area contributed by atoms with Gasteiger partial charge in [0, 0.05) is 12.1 Å². The minimum atomic E-state index is -0.567. The van der Waals surface area contributed by atoms with Crippen molar-refractivity contribution in [1.29, 1.82) is 5.26 Å². The van der Waals surface area contributed by atoms with E-state index in [9.17, 15) is 4.79 Å². The predicted octanol–water partition coefficient (Wildman–Crippen LogP) is 3.59. The second kappa shape index (κ2) is 5.46. The van der Waals surface area contributed by atoms with E-state index in [0.29, 0.717) is 0 Å². The van der Waals surface area contributed by atoms with Crippen LogP contribution in [0.25, 0.3) is 0 Å². The molecule has 0 N–H and O–H groups in total. The Hall–Kier alpha value is -2.15. The van der Waals surface area contributed by atoms with Crippen molar-refractivity contribution in [1.82, 2.24) is 0 Å². The van der Waals surface area contributed by atoms with Gasteiger partial charge in [-0.15, -0.1) is 0 Å². The summed E-state index contributed by atoms with van der Waals surface area (Å²) in [5, 5.41) is 9.08. The molecule has 1 aliphatic rings. The monoisotopic (exact) mass is 270 g/mol. The lowest BCUT2D eigenvalue weighted by molar-refractivity contribution is 0.0604. The third-order valence-electron chi connectivity index (χ3n) is 3.19. The molecule has 1 aliphatic carbocycles. The van der Waals surface area contributed by atoms with Crippen molar-refractivity contribution in [3.63, 3.8) is 0 Å². The van der Waals surface area contributed by atoms with E-state index < -0.39 is 11.7 Å². The molecule has 0 saturated heterocycles. The molecule has 0 bridgehead atoms. The highest BCUT2D eigenvalue weighted by molar-refractivity contribution is 5.83. The molecule has 2 rings (SSSR count). The first kappa shape index (κ1) is 14.3. The third-order valence-corrected chi connectivity index (χ3v) is 3.19. The molecule has 1 aromatic carbocycles. The van der Waals surface area contributed by atoms with Gasteiger partial charge in [0.25, 0.3) is 0 Å². The topological polar surface area (TPSA) is 62.4 Å². The molecular weight excluding hydrogens is 252 g/mol. The lowest BCUT2D eigenvalue weighted by atomic mass is 10.00. The van der Waals surface area contributed by atoms with Gasteiger partial charge in [-0.2, -0.15) is 10.3 Å². The maximum absolute atomic E-state index is 11.6. The van der Waals surface area contributed by atoms with Crippen molar-refractivity contribution in [3.05, 3.63) is 34.9 Å². The minimum absolute atomic E-state index is 0.0887. The average Bonchev–Trinajstić information content (AvgIpc) is 2.77. The van der Waals surface area contributed by atoms with Gasteiger partial charge in [0.05, 0.1) is 11.6 Å². The maximum Gasteiger partial charge on any atom is 0.433 e. The largest absolute Gasteiger partial charge is 0.442 e. The van der Waals surface area contributed by atoms with E-state index in [-0.39, 0.29) is 5.92 Å². The highest BCUT2D eigenvalue weighted by Crippen LogP contribution is 2.33. The fraction of sp³-hybridized carbons (Fsp3) is 0.438. The zero-order valence-electron chi connectivity index (χ0n) is 12.0. The van der Waals surface area contributed by atoms with Gasteiger partial charge in [0.2, 0.25) is 0 Å². The lowest BCUT2D eigenvalue weighted by Crippen LogP contribution is -2.22. The highest BCUT2D eigenvalue weighted by Gasteiger charge is 2.24. The summed E-state index contributed by atoms with van der Waals surface area (Å²) in [4.78, 5) is 15.5. The summed E-state index contributed by atoms with van der Waals surface area (Å²) >= 11 is 0. The van der Waals surface area contributed by atoms with Gasteiger partial charge in [0.1, 0.15) is 5.60 Å². The molecule has 4 heteroatoms. The zero-order chi connectivity index (χ0) is 14.8. The highest BCUT2D eigenvalue weighted by atomic mass is 16.6. The van der Waals surface area contributed by atoms with Crippen LogP contribution in [0.5, 0.6) is 0 Å². The maximum atomic E-state index is 11.6. The van der Waals surface area contributed by atoms with E-state index in [1.165, 1.54) is 0 Å². The smallest absolute Gasteiger partial charge is 0.433 e. The number of benzene rings is 1. The first-order chi connectivity index (χ1) is 9.40. The van der Waals surface area contributed by atoms with Crippen molar-refractivity contribution >= 4 is 12.3 Å². The summed E-state index contributed by atoms with van der Waals surface area (Å²) in [5.74, 6) is 0.0887. The van der Waals surface area contributed by atoms with Gasteiger partial charge in [-0.1, -0.05) is 12.1 Å². The van der Waals surface area contributed by atoms with Crippen molar-refractivity contribution < 1.29 is 9.53 Å². The molecule has 20 heavy (non-hydrogen) atoms. The van der Waals surface area contributed by atoms with Gasteiger partial charge < -0.3 is 4.74 Å². The van der Waals surface area contributed by atoms with Gasteiger partial charge >= 0.3 is 6.09 Å². The molecule has 4 nitrogen and oxygen atoms in total. The summed E-state index contributed by atoms with van der Waals surface area (Å²) in [6.45, 7) is 5.43. The number of carbonyl (C=O) groups excluding carboxylic acids is 1. The first-order valence-electron chi connectivity index (χ1n) is 6.70. The van der Waals surface area contributed by atoms with Crippen molar-refractivity contribution in [3.8, 4) is 6.07 Å². The molecule has 0 saturated carbocycles. The van der Waals surface area contributed by atoms with Crippen molar-refractivity contribution in [2.24, 2.45) is 4.99 Å². The van der Waals surface area contributed by atoms with Crippen LogP contribution in [-0.4, -0.2) is 17.9 Å². The van der Waals surface area contributed by atoms with Gasteiger partial charge in [-0.25, -0.2) is 4.79 Å². The van der Waals surface area contributed by atoms with Crippen LogP contribution in [0, 0.1) is 11.3 Å². The van der Waals surface area contributed by atoms with Crippen molar-refractivity contribution in [2.75, 3.05) is 0 Å². The van der Waals surface area contributed by atoms with Crippen LogP contribution in [0.1, 0.15) is 49.8 Å². The Morgan fingerprint density at radius 3 is 2.90 bits per heavy atom. The zero-order valence-corrected chi connectivity index (χ0v) is 12.0. The summed E-state index contributed by atoms with van der Waals surface area (Å²) in [7, 11) is 0. The van der Waals surface area contributed by atoms with Crippen LogP contribution in [0.3, 0.4) is 0 Å². The fourth-order valence-electron chi connectivity index (χ4n) is 2.39. The van der Waals surface area contributed by atoms with Crippen LogP contribution in [0.15, 0.2) is 23.2 Å². The van der Waals surface area contributed by atoms with E-state index in [4.69, 9.17) is 10.00 Å². The number of fused-ring (bicyclic) bond motifs is 1. The first-order valence-corrected chi connectivity index (χ1v) is 6.70. The number of aliphatic imine (C=N–C) groups is 1. The van der Waals surface area contributed by atoms with E-state index >= 15 is 0 Å². The number of rotatable bonds is 1. The molecule has 1 amide bonds. The minimum Gasteiger partial charge on any atom is -0.442 e. The molecule has 0 fully saturated rings. The molecule has 1 atom stereocenters. The van der Waals surface area contributed by atoms with Gasteiger partial charge in [0.15, 0.2) is 0 Å². The average molecular weight is 270 g/mol. The third kappa shape index (κ3) is 3.24. The molecule has 104 valence electrons. The van der Waals surface area contributed by atoms with Gasteiger partial charge in [-0.05, 0) is 50.8 Å². The van der Waals surface area contributed by atoms with Gasteiger partial charge in [-0.3, -0.25) is 0 Å². The van der Waals surface area contributed by atoms with E-state index in [1.54, 1.807) is 6.21 Å². The van der Waals surface area contributed by atoms with Crippen LogP contribution in [0.4, 0.5) is 4.79 Å². The quantitative estimate of drug-likeness (QED) is 0.732. The molecular formula is C16H18N2O2. The van der Waals surface area contributed by atoms with Crippen molar-refractivity contribution in [2.45, 2.75) is 45.1 Å². The molecule has 0 aliphatic heterocycles. The van der Waals surface area contributed by atoms with Crippen LogP contribution in [0.2, 0.25) is 0 Å². The van der Waals surface area contributed by atoms with E-state index in [0.717, 1.165) is 29.5 Å². The van der Waals surface area contributed by atoms with E-state index in [1.807, 2.05) is 39.0 Å². The number of carbonyl (C=O) groups is 1. The number of nitriles is 1. The Bertz CT molecular complexity index is 591. The summed E-state index contributed by atoms with van der Waals surface area (Å²) in [6.07, 6.45) is 2.80. The molecule has 0 spiro atoms. The Balaban J connectivity index is 2.12. The lowest BCUT2D eigenvalue weighted by Gasteiger charge is -2.17. The molecule has 0 heterocycles. The normalized spacial score (nSPS) is 17.8. The SMILES string of the molecule is CC(C)(C)OC(=O)/N=C/C1CCc2c(C#N)cccc21. The number of nitrogens with zero attached hydrogens (tertiary/aromatic N) is 2. The van der Waals surface area contributed by atoms with Crippen LogP contribution in [-0.2, 0) is 11.2 Å². The molecule has 1 aromatic rings. The Kier molecular flexibility index (Phi) is 3.89. The second-order valence-corrected chi connectivity index (χ2v) is 5.89. The molecule has 0 aromatic heterocycles. The number of hydrogen-bond donors (Lipinski definition) is 0. The Morgan fingerprint density at radius 2 is 2.25 bits per heavy atom. The van der Waals surface area contributed by atoms with E-state index in [2.05, 4.69) is 11.1 Å². The Morgan fingerprint density at radius 1 is 1.50 bits per heavy atom. The number of amides is 1. The standard InChI is InChI=1S/C16H18N2O2/c1-16(2,3)20-15(19)18-10-12-7-8-14-11(9-17)5-4-6-13(12)14/h4-6,10,12H,7-8H2,1-3H3/b18-10+. The molecule has 0 radical (unpaired) electrons. The van der Waals surface area contributed by atoms with Crippen LogP contribution < -0.4 is 0 Å². The summed E-state index contributed by atoms with van der Waals surface area (Å²) < 4.78 is 5.14. The molecule has 1 unspecified atom stereocenters. The number of ether oxygens (including phenoxy) is 1. The number of hydrogen-bond acceptors (Lipinski definition) is 3. The summed E-state index contributed by atoms with van der Waals surface area (Å²) in [5.41, 5.74) is 2.36. The predicted molar refractivity (Wildman–Crippen MR) is 76.9 cm³/mol.